The molecule has 7 nitrogen and oxygen atoms in total. The van der Waals surface area contributed by atoms with Crippen LogP contribution in [0.2, 0.25) is 5.02 Å². The van der Waals surface area contributed by atoms with E-state index in [2.05, 4.69) is 0 Å². The van der Waals surface area contributed by atoms with Crippen molar-refractivity contribution in [1.82, 2.24) is 4.90 Å². The largest absolute Gasteiger partial charge is 0.492 e. The van der Waals surface area contributed by atoms with Crippen LogP contribution in [0.3, 0.4) is 0 Å². The standard InChI is InChI=1S/C26H32ClF2NO6/c1-3-34-23(24(31)32)18-19-10-12-20(13-11-19)35-17-16-30(15-7-6-14-26(2,28)29)25(33)36-22-9-5-4-8-21(22)27/h4-5,8-13,23H,3,6-7,14-18H2,1-2H3,(H,31,32). The Morgan fingerprint density at radius 2 is 1.78 bits per heavy atom. The Bertz CT molecular complexity index is 968. The van der Waals surface area contributed by atoms with Gasteiger partial charge in [-0.25, -0.2) is 18.4 Å². The van der Waals surface area contributed by atoms with Crippen LogP contribution in [0, 0.1) is 0 Å². The number of ether oxygens (including phenoxy) is 3. The summed E-state index contributed by atoms with van der Waals surface area (Å²) in [7, 11) is 0. The van der Waals surface area contributed by atoms with Gasteiger partial charge in [0.15, 0.2) is 11.9 Å². The zero-order valence-electron chi connectivity index (χ0n) is 20.4. The lowest BCUT2D eigenvalue weighted by molar-refractivity contribution is -0.149. The molecule has 1 unspecified atom stereocenters. The van der Waals surface area contributed by atoms with Crippen molar-refractivity contribution in [2.24, 2.45) is 0 Å². The van der Waals surface area contributed by atoms with Crippen molar-refractivity contribution < 1.29 is 37.7 Å². The van der Waals surface area contributed by atoms with Crippen LogP contribution >= 0.6 is 11.6 Å². The van der Waals surface area contributed by atoms with Crippen LogP contribution in [-0.2, 0) is 16.0 Å². The van der Waals surface area contributed by atoms with Crippen molar-refractivity contribution in [2.45, 2.75) is 51.6 Å². The third-order valence-electron chi connectivity index (χ3n) is 5.20. The first-order valence-electron chi connectivity index (χ1n) is 11.7. The highest BCUT2D eigenvalue weighted by atomic mass is 35.5. The molecule has 2 aromatic carbocycles. The lowest BCUT2D eigenvalue weighted by atomic mass is 10.1. The second-order valence-electron chi connectivity index (χ2n) is 8.29. The van der Waals surface area contributed by atoms with Gasteiger partial charge in [-0.2, -0.15) is 0 Å². The molecule has 0 fully saturated rings. The van der Waals surface area contributed by atoms with Crippen molar-refractivity contribution in [3.8, 4) is 11.5 Å². The summed E-state index contributed by atoms with van der Waals surface area (Å²) in [6.07, 6.45) is -0.994. The number of nitrogens with zero attached hydrogens (tertiary/aromatic N) is 1. The second kappa shape index (κ2) is 14.6. The fraction of sp³-hybridized carbons (Fsp3) is 0.462. The summed E-state index contributed by atoms with van der Waals surface area (Å²) >= 11 is 6.07. The molecule has 0 aliphatic carbocycles. The summed E-state index contributed by atoms with van der Waals surface area (Å²) in [6.45, 7) is 3.42. The first-order chi connectivity index (χ1) is 17.1. The smallest absolute Gasteiger partial charge is 0.415 e. The topological polar surface area (TPSA) is 85.3 Å². The highest BCUT2D eigenvalue weighted by molar-refractivity contribution is 6.32. The van der Waals surface area contributed by atoms with Crippen LogP contribution in [0.4, 0.5) is 13.6 Å². The van der Waals surface area contributed by atoms with Crippen LogP contribution in [0.25, 0.3) is 0 Å². The van der Waals surface area contributed by atoms with Crippen LogP contribution in [0.5, 0.6) is 11.5 Å². The van der Waals surface area contributed by atoms with E-state index in [0.29, 0.717) is 18.8 Å². The molecule has 1 atom stereocenters. The Morgan fingerprint density at radius 3 is 2.39 bits per heavy atom. The molecule has 1 amide bonds. The number of amides is 1. The number of carboxylic acids is 1. The average molecular weight is 528 g/mol. The molecule has 0 saturated carbocycles. The van der Waals surface area contributed by atoms with Gasteiger partial charge in [0, 0.05) is 26.0 Å². The van der Waals surface area contributed by atoms with Gasteiger partial charge in [-0.15, -0.1) is 0 Å². The Balaban J connectivity index is 1.93. The third kappa shape index (κ3) is 10.8. The predicted molar refractivity (Wildman–Crippen MR) is 132 cm³/mol. The van der Waals surface area contributed by atoms with Crippen LogP contribution in [-0.4, -0.2) is 60.4 Å². The van der Waals surface area contributed by atoms with E-state index in [1.807, 2.05) is 0 Å². The summed E-state index contributed by atoms with van der Waals surface area (Å²) in [5.41, 5.74) is 0.779. The molecule has 0 aromatic heterocycles. The maximum atomic E-state index is 13.1. The summed E-state index contributed by atoms with van der Waals surface area (Å²) in [6, 6.07) is 13.5. The number of carboxylic acid groups (broad SMARTS) is 1. The SMILES string of the molecule is CCOC(Cc1ccc(OCCN(CCCCC(C)(F)F)C(=O)Oc2ccccc2Cl)cc1)C(=O)O. The molecular weight excluding hydrogens is 496 g/mol. The molecule has 198 valence electrons. The summed E-state index contributed by atoms with van der Waals surface area (Å²) in [5.74, 6) is -3.04. The summed E-state index contributed by atoms with van der Waals surface area (Å²) in [4.78, 5) is 25.4. The molecule has 0 radical (unpaired) electrons. The Morgan fingerprint density at radius 1 is 1.08 bits per heavy atom. The van der Waals surface area contributed by atoms with Gasteiger partial charge in [-0.3, -0.25) is 0 Å². The van der Waals surface area contributed by atoms with Gasteiger partial charge in [0.1, 0.15) is 12.4 Å². The van der Waals surface area contributed by atoms with E-state index in [1.165, 1.54) is 4.90 Å². The van der Waals surface area contributed by atoms with Crippen molar-refractivity contribution >= 4 is 23.7 Å². The van der Waals surface area contributed by atoms with E-state index < -0.39 is 24.1 Å². The zero-order chi connectivity index (χ0) is 26.6. The van der Waals surface area contributed by atoms with E-state index in [0.717, 1.165) is 12.5 Å². The Labute approximate surface area is 214 Å². The van der Waals surface area contributed by atoms with Crippen molar-refractivity contribution in [3.63, 3.8) is 0 Å². The number of para-hydroxylation sites is 1. The minimum absolute atomic E-state index is 0.137. The average Bonchev–Trinajstić information content (AvgIpc) is 2.82. The van der Waals surface area contributed by atoms with Crippen molar-refractivity contribution in [2.75, 3.05) is 26.3 Å². The molecular formula is C26H32ClF2NO6. The molecule has 1 N–H and O–H groups in total. The lowest BCUT2D eigenvalue weighted by Crippen LogP contribution is -2.37. The van der Waals surface area contributed by atoms with E-state index in [9.17, 15) is 23.5 Å². The van der Waals surface area contributed by atoms with Crippen LogP contribution in [0.1, 0.15) is 38.7 Å². The van der Waals surface area contributed by atoms with E-state index in [-0.39, 0.29) is 49.7 Å². The molecule has 0 aliphatic heterocycles. The van der Waals surface area contributed by atoms with Crippen LogP contribution in [0.15, 0.2) is 48.5 Å². The molecule has 36 heavy (non-hydrogen) atoms. The zero-order valence-corrected chi connectivity index (χ0v) is 21.2. The van der Waals surface area contributed by atoms with E-state index >= 15 is 0 Å². The number of hydrogen-bond acceptors (Lipinski definition) is 5. The molecule has 2 aromatic rings. The normalized spacial score (nSPS) is 12.1. The lowest BCUT2D eigenvalue weighted by Gasteiger charge is -2.23. The number of carbonyl (C=O) groups excluding carboxylic acids is 1. The van der Waals surface area contributed by atoms with Crippen molar-refractivity contribution in [3.05, 3.63) is 59.1 Å². The third-order valence-corrected chi connectivity index (χ3v) is 5.52. The summed E-state index contributed by atoms with van der Waals surface area (Å²) in [5, 5.41) is 9.50. The molecule has 0 saturated heterocycles. The van der Waals surface area contributed by atoms with Gasteiger partial charge < -0.3 is 24.2 Å². The highest BCUT2D eigenvalue weighted by Gasteiger charge is 2.22. The number of alkyl halides is 2. The van der Waals surface area contributed by atoms with Gasteiger partial charge in [0.25, 0.3) is 0 Å². The molecule has 2 rings (SSSR count). The monoisotopic (exact) mass is 527 g/mol. The number of aliphatic carboxylic acids is 1. The molecule has 0 spiro atoms. The minimum Gasteiger partial charge on any atom is -0.492 e. The second-order valence-corrected chi connectivity index (χ2v) is 8.70. The van der Waals surface area contributed by atoms with E-state index in [4.69, 9.17) is 25.8 Å². The maximum absolute atomic E-state index is 13.1. The minimum atomic E-state index is -2.76. The maximum Gasteiger partial charge on any atom is 0.415 e. The summed E-state index contributed by atoms with van der Waals surface area (Å²) < 4.78 is 42.6. The number of rotatable bonds is 15. The Kier molecular flexibility index (Phi) is 11.9. The molecule has 10 heteroatoms. The van der Waals surface area contributed by atoms with Gasteiger partial charge in [0.05, 0.1) is 11.6 Å². The van der Waals surface area contributed by atoms with Gasteiger partial charge in [-0.1, -0.05) is 35.9 Å². The van der Waals surface area contributed by atoms with Crippen molar-refractivity contribution in [1.29, 1.82) is 0 Å². The number of benzene rings is 2. The van der Waals surface area contributed by atoms with Gasteiger partial charge in [-0.05, 0) is 56.5 Å². The fourth-order valence-electron chi connectivity index (χ4n) is 3.35. The van der Waals surface area contributed by atoms with E-state index in [1.54, 1.807) is 55.5 Å². The number of hydrogen-bond donors (Lipinski definition) is 1. The van der Waals surface area contributed by atoms with Crippen LogP contribution < -0.4 is 9.47 Å². The number of halogens is 3. The number of carbonyl (C=O) groups is 2. The number of unbranched alkanes of at least 4 members (excludes halogenated alkanes) is 1. The Hall–Kier alpha value is -2.91. The molecule has 0 aliphatic rings. The predicted octanol–water partition coefficient (Wildman–Crippen LogP) is 6.08. The quantitative estimate of drug-likeness (QED) is 0.283. The molecule has 0 bridgehead atoms. The fourth-order valence-corrected chi connectivity index (χ4v) is 3.52. The first kappa shape index (κ1) is 29.3. The van der Waals surface area contributed by atoms with Gasteiger partial charge in [0.2, 0.25) is 5.92 Å². The molecule has 0 heterocycles. The highest BCUT2D eigenvalue weighted by Crippen LogP contribution is 2.24. The first-order valence-corrected chi connectivity index (χ1v) is 12.1. The van der Waals surface area contributed by atoms with Gasteiger partial charge >= 0.3 is 12.1 Å².